The first kappa shape index (κ1) is 26.2. The van der Waals surface area contributed by atoms with Crippen LogP contribution in [0.15, 0.2) is 54.9 Å². The summed E-state index contributed by atoms with van der Waals surface area (Å²) < 4.78 is 5.64. The number of phenols is 1. The largest absolute Gasteiger partial charge is 0.508 e. The summed E-state index contributed by atoms with van der Waals surface area (Å²) in [5.41, 5.74) is 2.60. The highest BCUT2D eigenvalue weighted by Crippen LogP contribution is 2.38. The summed E-state index contributed by atoms with van der Waals surface area (Å²) in [7, 11) is 7.55. The maximum Gasteiger partial charge on any atom is 0.248 e. The molecular formula is C25H32N8O3. The SMILES string of the molecule is C/C=C\C(=O)Nc1cc(Nc2ncnc(Nc3cccc(O)c3)n2)c(OC)cc1N(C)CCN(C)C. The molecule has 0 aliphatic heterocycles. The monoisotopic (exact) mass is 492 g/mol. The van der Waals surface area contributed by atoms with E-state index in [1.807, 2.05) is 27.2 Å². The van der Waals surface area contributed by atoms with Crippen LogP contribution in [0.25, 0.3) is 0 Å². The second kappa shape index (κ2) is 12.4. The van der Waals surface area contributed by atoms with Crippen LogP contribution >= 0.6 is 0 Å². The molecule has 0 spiro atoms. The molecule has 0 saturated carbocycles. The van der Waals surface area contributed by atoms with Gasteiger partial charge in [0.15, 0.2) is 0 Å². The van der Waals surface area contributed by atoms with E-state index in [1.165, 1.54) is 12.4 Å². The minimum absolute atomic E-state index is 0.125. The van der Waals surface area contributed by atoms with Gasteiger partial charge in [-0.15, -0.1) is 0 Å². The molecule has 0 aliphatic rings. The lowest BCUT2D eigenvalue weighted by molar-refractivity contribution is -0.111. The Morgan fingerprint density at radius 3 is 2.47 bits per heavy atom. The van der Waals surface area contributed by atoms with Gasteiger partial charge in [-0.3, -0.25) is 4.79 Å². The van der Waals surface area contributed by atoms with Crippen LogP contribution in [0.1, 0.15) is 6.92 Å². The van der Waals surface area contributed by atoms with E-state index in [-0.39, 0.29) is 17.6 Å². The fraction of sp³-hybridized carbons (Fsp3) is 0.280. The fourth-order valence-corrected chi connectivity index (χ4v) is 3.30. The summed E-state index contributed by atoms with van der Waals surface area (Å²) >= 11 is 0. The van der Waals surface area contributed by atoms with Gasteiger partial charge < -0.3 is 35.6 Å². The first-order chi connectivity index (χ1) is 17.3. The highest BCUT2D eigenvalue weighted by Gasteiger charge is 2.17. The molecule has 0 saturated heterocycles. The number of benzene rings is 2. The quantitative estimate of drug-likeness (QED) is 0.295. The topological polar surface area (TPSA) is 128 Å². The molecular weight excluding hydrogens is 460 g/mol. The van der Waals surface area contributed by atoms with Crippen molar-refractivity contribution in [3.8, 4) is 11.5 Å². The van der Waals surface area contributed by atoms with Crippen molar-refractivity contribution in [2.45, 2.75) is 6.92 Å². The first-order valence-corrected chi connectivity index (χ1v) is 11.3. The number of methoxy groups -OCH3 is 1. The number of likely N-dealkylation sites (N-methyl/N-ethyl adjacent to an activating group) is 2. The Balaban J connectivity index is 1.92. The second-order valence-electron chi connectivity index (χ2n) is 8.22. The Kier molecular flexibility index (Phi) is 9.01. The zero-order chi connectivity index (χ0) is 26.1. The molecule has 2 aromatic carbocycles. The Morgan fingerprint density at radius 1 is 1.06 bits per heavy atom. The molecule has 0 unspecified atom stereocenters. The number of allylic oxidation sites excluding steroid dienone is 1. The average molecular weight is 493 g/mol. The fourth-order valence-electron chi connectivity index (χ4n) is 3.30. The van der Waals surface area contributed by atoms with Gasteiger partial charge in [-0.2, -0.15) is 4.98 Å². The van der Waals surface area contributed by atoms with Crippen molar-refractivity contribution in [1.82, 2.24) is 19.9 Å². The summed E-state index contributed by atoms with van der Waals surface area (Å²) in [5.74, 6) is 0.992. The van der Waals surface area contributed by atoms with Crippen LogP contribution in [0.3, 0.4) is 0 Å². The third-order valence-electron chi connectivity index (χ3n) is 5.11. The van der Waals surface area contributed by atoms with Crippen molar-refractivity contribution >= 4 is 40.6 Å². The van der Waals surface area contributed by atoms with Gasteiger partial charge in [0.25, 0.3) is 0 Å². The molecule has 11 nitrogen and oxygen atoms in total. The Morgan fingerprint density at radius 2 is 1.81 bits per heavy atom. The number of anilines is 6. The molecule has 1 amide bonds. The van der Waals surface area contributed by atoms with Crippen molar-refractivity contribution < 1.29 is 14.6 Å². The molecule has 0 fully saturated rings. The van der Waals surface area contributed by atoms with Crippen LogP contribution in [0, 0.1) is 0 Å². The maximum atomic E-state index is 12.4. The third-order valence-corrected chi connectivity index (χ3v) is 5.11. The predicted octanol–water partition coefficient (Wildman–Crippen LogP) is 3.59. The van der Waals surface area contributed by atoms with Gasteiger partial charge in [0.1, 0.15) is 17.8 Å². The van der Waals surface area contributed by atoms with Gasteiger partial charge in [0.2, 0.25) is 17.8 Å². The lowest BCUT2D eigenvalue weighted by Gasteiger charge is -2.26. The zero-order valence-corrected chi connectivity index (χ0v) is 21.1. The number of nitrogens with zero attached hydrogens (tertiary/aromatic N) is 5. The number of rotatable bonds is 11. The highest BCUT2D eigenvalue weighted by atomic mass is 16.5. The zero-order valence-electron chi connectivity index (χ0n) is 21.1. The summed E-state index contributed by atoms with van der Waals surface area (Å²) in [4.78, 5) is 29.3. The van der Waals surface area contributed by atoms with Crippen molar-refractivity contribution in [3.63, 3.8) is 0 Å². The summed E-state index contributed by atoms with van der Waals surface area (Å²) in [6.07, 6.45) is 4.51. The normalized spacial score (nSPS) is 10.9. The molecule has 0 bridgehead atoms. The van der Waals surface area contributed by atoms with Crippen molar-refractivity contribution in [3.05, 3.63) is 54.9 Å². The number of hydrogen-bond donors (Lipinski definition) is 4. The molecule has 36 heavy (non-hydrogen) atoms. The summed E-state index contributed by atoms with van der Waals surface area (Å²) in [6, 6.07) is 10.3. The van der Waals surface area contributed by atoms with Crippen LogP contribution in [-0.4, -0.2) is 72.2 Å². The van der Waals surface area contributed by atoms with Crippen molar-refractivity contribution in [1.29, 1.82) is 0 Å². The number of aromatic hydroxyl groups is 1. The second-order valence-corrected chi connectivity index (χ2v) is 8.22. The van der Waals surface area contributed by atoms with Crippen LogP contribution in [0.2, 0.25) is 0 Å². The Labute approximate surface area is 210 Å². The molecule has 4 N–H and O–H groups in total. The minimum atomic E-state index is -0.242. The number of amides is 1. The van der Waals surface area contributed by atoms with Crippen LogP contribution in [0.5, 0.6) is 11.5 Å². The lowest BCUT2D eigenvalue weighted by atomic mass is 10.2. The number of carbonyl (C=O) groups excluding carboxylic acids is 1. The standard InChI is InChI=1S/C25H32N8O3/c1-6-8-23(35)29-19-14-20(22(36-5)15-21(19)33(4)12-11-32(2)3)30-25-27-16-26-24(31-25)28-17-9-7-10-18(34)13-17/h6-10,13-16,34H,11-12H2,1-5H3,(H,29,35)(H2,26,27,28,30,31)/b8-6-. The van der Waals surface area contributed by atoms with E-state index in [9.17, 15) is 9.90 Å². The lowest BCUT2D eigenvalue weighted by Crippen LogP contribution is -2.29. The number of carbonyl (C=O) groups is 1. The van der Waals surface area contributed by atoms with Gasteiger partial charge in [-0.1, -0.05) is 12.1 Å². The number of aromatic nitrogens is 3. The van der Waals surface area contributed by atoms with E-state index in [4.69, 9.17) is 4.74 Å². The van der Waals surface area contributed by atoms with Gasteiger partial charge in [-0.05, 0) is 45.3 Å². The molecule has 3 aromatic rings. The first-order valence-electron chi connectivity index (χ1n) is 11.3. The molecule has 1 heterocycles. The molecule has 0 atom stereocenters. The number of ether oxygens (including phenoxy) is 1. The number of phenolic OH excluding ortho intramolecular Hbond substituents is 1. The van der Waals surface area contributed by atoms with Crippen LogP contribution in [0.4, 0.5) is 34.6 Å². The van der Waals surface area contributed by atoms with Gasteiger partial charge in [-0.25, -0.2) is 9.97 Å². The van der Waals surface area contributed by atoms with E-state index >= 15 is 0 Å². The van der Waals surface area contributed by atoms with Crippen molar-refractivity contribution in [2.75, 3.05) is 62.2 Å². The average Bonchev–Trinajstić information content (AvgIpc) is 2.83. The van der Waals surface area contributed by atoms with Gasteiger partial charge in [0, 0.05) is 38.0 Å². The number of nitrogens with one attached hydrogen (secondary N) is 3. The Bertz CT molecular complexity index is 1220. The molecule has 0 radical (unpaired) electrons. The van der Waals surface area contributed by atoms with E-state index in [0.29, 0.717) is 28.8 Å². The summed E-state index contributed by atoms with van der Waals surface area (Å²) in [6.45, 7) is 3.36. The predicted molar refractivity (Wildman–Crippen MR) is 143 cm³/mol. The molecule has 11 heteroatoms. The minimum Gasteiger partial charge on any atom is -0.508 e. The summed E-state index contributed by atoms with van der Waals surface area (Å²) in [5, 5.41) is 18.8. The molecule has 0 aliphatic carbocycles. The molecule has 1 aromatic heterocycles. The van der Waals surface area contributed by atoms with Gasteiger partial charge >= 0.3 is 0 Å². The number of hydrogen-bond acceptors (Lipinski definition) is 10. The van der Waals surface area contributed by atoms with E-state index in [1.54, 1.807) is 50.4 Å². The molecule has 190 valence electrons. The smallest absolute Gasteiger partial charge is 0.248 e. The Hall–Kier alpha value is -4.38. The van der Waals surface area contributed by atoms with Gasteiger partial charge in [0.05, 0.1) is 24.2 Å². The third kappa shape index (κ3) is 7.31. The molecule has 3 rings (SSSR count). The van der Waals surface area contributed by atoms with E-state index in [2.05, 4.69) is 40.7 Å². The highest BCUT2D eigenvalue weighted by molar-refractivity contribution is 6.02. The van der Waals surface area contributed by atoms with Crippen LogP contribution < -0.4 is 25.6 Å². The van der Waals surface area contributed by atoms with Crippen LogP contribution in [-0.2, 0) is 4.79 Å². The van der Waals surface area contributed by atoms with E-state index in [0.717, 1.165) is 18.8 Å². The van der Waals surface area contributed by atoms with Crippen molar-refractivity contribution in [2.24, 2.45) is 0 Å². The van der Waals surface area contributed by atoms with E-state index < -0.39 is 0 Å². The maximum absolute atomic E-state index is 12.4.